The third kappa shape index (κ3) is 6.87. The van der Waals surface area contributed by atoms with Gasteiger partial charge in [0.05, 0.1) is 6.61 Å². The maximum atomic E-state index is 10.5. The van der Waals surface area contributed by atoms with Crippen LogP contribution in [0.15, 0.2) is 24.3 Å². The molecule has 1 aromatic carbocycles. The number of benzene rings is 1. The Morgan fingerprint density at radius 1 is 1.29 bits per heavy atom. The molecule has 4 nitrogen and oxygen atoms in total. The average Bonchev–Trinajstić information content (AvgIpc) is 2.41. The average molecular weight is 311 g/mol. The molecule has 0 aliphatic carbocycles. The van der Waals surface area contributed by atoms with Crippen molar-refractivity contribution in [1.82, 2.24) is 0 Å². The second kappa shape index (κ2) is 8.29. The summed E-state index contributed by atoms with van der Waals surface area (Å²) in [7, 11) is 0. The number of ether oxygens (including phenoxy) is 1. The van der Waals surface area contributed by atoms with Crippen molar-refractivity contribution >= 4 is 17.7 Å². The van der Waals surface area contributed by atoms with Crippen molar-refractivity contribution in [1.29, 1.82) is 0 Å². The monoisotopic (exact) mass is 311 g/mol. The van der Waals surface area contributed by atoms with Crippen molar-refractivity contribution in [2.45, 2.75) is 38.6 Å². The molecule has 0 heterocycles. The van der Waals surface area contributed by atoms with Gasteiger partial charge in [0.25, 0.3) is 0 Å². The fourth-order valence-corrected chi connectivity index (χ4v) is 2.53. The molecule has 0 saturated heterocycles. The summed E-state index contributed by atoms with van der Waals surface area (Å²) in [6, 6.07) is 7.41. The van der Waals surface area contributed by atoms with E-state index in [0.717, 1.165) is 17.3 Å². The quantitative estimate of drug-likeness (QED) is 0.722. The van der Waals surface area contributed by atoms with Crippen LogP contribution >= 0.6 is 11.8 Å². The lowest BCUT2D eigenvalue weighted by molar-refractivity contribution is -0.138. The summed E-state index contributed by atoms with van der Waals surface area (Å²) in [5.74, 6) is 1.49. The van der Waals surface area contributed by atoms with Gasteiger partial charge in [-0.05, 0) is 35.3 Å². The lowest BCUT2D eigenvalue weighted by Crippen LogP contribution is -2.30. The molecule has 1 rings (SSSR count). The molecule has 0 aromatic heterocycles. The first-order valence-corrected chi connectivity index (χ1v) is 8.25. The maximum Gasteiger partial charge on any atom is 0.320 e. The molecule has 1 atom stereocenters. The molecule has 0 saturated carbocycles. The van der Waals surface area contributed by atoms with Gasteiger partial charge >= 0.3 is 5.97 Å². The topological polar surface area (TPSA) is 72.5 Å². The summed E-state index contributed by atoms with van der Waals surface area (Å²) in [5, 5.41) is 8.65. The summed E-state index contributed by atoms with van der Waals surface area (Å²) in [6.45, 7) is 7.16. The van der Waals surface area contributed by atoms with Gasteiger partial charge in [0.2, 0.25) is 0 Å². The Bertz CT molecular complexity index is 440. The molecule has 21 heavy (non-hydrogen) atoms. The Balaban J connectivity index is 2.20. The van der Waals surface area contributed by atoms with Gasteiger partial charge in [-0.2, -0.15) is 11.8 Å². The van der Waals surface area contributed by atoms with Crippen LogP contribution in [0.4, 0.5) is 0 Å². The van der Waals surface area contributed by atoms with E-state index >= 15 is 0 Å². The zero-order valence-electron chi connectivity index (χ0n) is 13.0. The molecule has 0 aliphatic heterocycles. The van der Waals surface area contributed by atoms with E-state index < -0.39 is 12.0 Å². The van der Waals surface area contributed by atoms with E-state index in [1.165, 1.54) is 5.56 Å². The molecule has 0 spiro atoms. The number of hydrogen-bond acceptors (Lipinski definition) is 4. The number of rotatable bonds is 8. The molecule has 0 bridgehead atoms. The first kappa shape index (κ1) is 17.9. The third-order valence-corrected chi connectivity index (χ3v) is 4.09. The standard InChI is InChI=1S/C16H25NO3S/c1-16(2,3)12-4-6-13(7-5-12)20-9-11-21-10-8-14(17)15(18)19/h4-7,14H,8-11,17H2,1-3H3,(H,18,19). The molecular weight excluding hydrogens is 286 g/mol. The van der Waals surface area contributed by atoms with Crippen LogP contribution < -0.4 is 10.5 Å². The van der Waals surface area contributed by atoms with Gasteiger partial charge in [-0.25, -0.2) is 0 Å². The van der Waals surface area contributed by atoms with E-state index in [1.54, 1.807) is 11.8 Å². The largest absolute Gasteiger partial charge is 0.493 e. The van der Waals surface area contributed by atoms with Crippen molar-refractivity contribution in [2.24, 2.45) is 5.73 Å². The highest BCUT2D eigenvalue weighted by Crippen LogP contribution is 2.24. The number of nitrogens with two attached hydrogens (primary N) is 1. The van der Waals surface area contributed by atoms with Gasteiger partial charge < -0.3 is 15.6 Å². The predicted octanol–water partition coefficient (Wildman–Crippen LogP) is 2.90. The Morgan fingerprint density at radius 2 is 1.90 bits per heavy atom. The normalized spacial score (nSPS) is 13.0. The van der Waals surface area contributed by atoms with E-state index in [0.29, 0.717) is 13.0 Å². The summed E-state index contributed by atoms with van der Waals surface area (Å²) >= 11 is 1.66. The van der Waals surface area contributed by atoms with Crippen molar-refractivity contribution in [2.75, 3.05) is 18.1 Å². The molecule has 1 aromatic rings. The molecule has 3 N–H and O–H groups in total. The number of carboxylic acids is 1. The van der Waals surface area contributed by atoms with Gasteiger partial charge in [-0.3, -0.25) is 4.79 Å². The number of hydrogen-bond donors (Lipinski definition) is 2. The maximum absolute atomic E-state index is 10.5. The van der Waals surface area contributed by atoms with Crippen LogP contribution in [0.25, 0.3) is 0 Å². The predicted molar refractivity (Wildman–Crippen MR) is 88.2 cm³/mol. The van der Waals surface area contributed by atoms with Gasteiger partial charge in [-0.15, -0.1) is 0 Å². The second-order valence-corrected chi connectivity index (χ2v) is 7.19. The Morgan fingerprint density at radius 3 is 2.43 bits per heavy atom. The summed E-state index contributed by atoms with van der Waals surface area (Å²) < 4.78 is 5.66. The molecule has 0 radical (unpaired) electrons. The smallest absolute Gasteiger partial charge is 0.320 e. The van der Waals surface area contributed by atoms with Crippen molar-refractivity contribution in [3.05, 3.63) is 29.8 Å². The molecule has 0 fully saturated rings. The minimum atomic E-state index is -0.939. The van der Waals surface area contributed by atoms with Crippen LogP contribution in [-0.4, -0.2) is 35.2 Å². The van der Waals surface area contributed by atoms with Crippen LogP contribution in [0.2, 0.25) is 0 Å². The highest BCUT2D eigenvalue weighted by molar-refractivity contribution is 7.99. The molecule has 1 unspecified atom stereocenters. The lowest BCUT2D eigenvalue weighted by Gasteiger charge is -2.19. The van der Waals surface area contributed by atoms with Gasteiger partial charge in [0.1, 0.15) is 11.8 Å². The molecule has 0 aliphatic rings. The van der Waals surface area contributed by atoms with Crippen LogP contribution in [0, 0.1) is 0 Å². The summed E-state index contributed by atoms with van der Waals surface area (Å²) in [5.41, 5.74) is 6.86. The van der Waals surface area contributed by atoms with Gasteiger partial charge in [0.15, 0.2) is 0 Å². The van der Waals surface area contributed by atoms with Crippen molar-refractivity contribution in [3.63, 3.8) is 0 Å². The van der Waals surface area contributed by atoms with Crippen LogP contribution in [-0.2, 0) is 10.2 Å². The Labute approximate surface area is 131 Å². The second-order valence-electron chi connectivity index (χ2n) is 5.97. The van der Waals surface area contributed by atoms with E-state index in [1.807, 2.05) is 12.1 Å². The van der Waals surface area contributed by atoms with Crippen LogP contribution in [0.5, 0.6) is 5.75 Å². The SMILES string of the molecule is CC(C)(C)c1ccc(OCCSCCC(N)C(=O)O)cc1. The number of carboxylic acid groups (broad SMARTS) is 1. The number of thioether (sulfide) groups is 1. The highest BCUT2D eigenvalue weighted by atomic mass is 32.2. The first-order chi connectivity index (χ1) is 9.80. The third-order valence-electron chi connectivity index (χ3n) is 3.11. The Kier molecular flexibility index (Phi) is 7.05. The number of carbonyl (C=O) groups is 1. The highest BCUT2D eigenvalue weighted by Gasteiger charge is 2.13. The fraction of sp³-hybridized carbons (Fsp3) is 0.562. The minimum Gasteiger partial charge on any atom is -0.493 e. The zero-order valence-corrected chi connectivity index (χ0v) is 13.8. The van der Waals surface area contributed by atoms with E-state index in [-0.39, 0.29) is 5.41 Å². The van der Waals surface area contributed by atoms with Gasteiger partial charge in [0, 0.05) is 5.75 Å². The van der Waals surface area contributed by atoms with Gasteiger partial charge in [-0.1, -0.05) is 32.9 Å². The lowest BCUT2D eigenvalue weighted by atomic mass is 9.87. The summed E-state index contributed by atoms with van der Waals surface area (Å²) in [4.78, 5) is 10.5. The van der Waals surface area contributed by atoms with Crippen LogP contribution in [0.1, 0.15) is 32.8 Å². The van der Waals surface area contributed by atoms with Crippen molar-refractivity contribution < 1.29 is 14.6 Å². The fourth-order valence-electron chi connectivity index (χ4n) is 1.71. The van der Waals surface area contributed by atoms with E-state index in [2.05, 4.69) is 32.9 Å². The Hall–Kier alpha value is -1.20. The van der Waals surface area contributed by atoms with Crippen molar-refractivity contribution in [3.8, 4) is 5.75 Å². The first-order valence-electron chi connectivity index (χ1n) is 7.10. The minimum absolute atomic E-state index is 0.150. The summed E-state index contributed by atoms with van der Waals surface area (Å²) in [6.07, 6.45) is 0.486. The van der Waals surface area contributed by atoms with Crippen LogP contribution in [0.3, 0.4) is 0 Å². The molecule has 5 heteroatoms. The zero-order chi connectivity index (χ0) is 15.9. The molecule has 118 valence electrons. The van der Waals surface area contributed by atoms with E-state index in [4.69, 9.17) is 15.6 Å². The van der Waals surface area contributed by atoms with E-state index in [9.17, 15) is 4.79 Å². The molecule has 0 amide bonds. The number of aliphatic carboxylic acids is 1. The molecular formula is C16H25NO3S.